The van der Waals surface area contributed by atoms with E-state index in [1.54, 1.807) is 12.2 Å². The summed E-state index contributed by atoms with van der Waals surface area (Å²) in [4.78, 5) is 10.8. The van der Waals surface area contributed by atoms with Gasteiger partial charge in [-0.25, -0.2) is 0 Å². The molecule has 0 amide bonds. The topological polar surface area (TPSA) is 17.1 Å². The second-order valence-corrected chi connectivity index (χ2v) is 3.44. The molecule has 0 spiro atoms. The van der Waals surface area contributed by atoms with E-state index in [1.807, 2.05) is 0 Å². The smallest absolute Gasteiger partial charge is 0.298 e. The molecule has 0 atom stereocenters. The summed E-state index contributed by atoms with van der Waals surface area (Å²) in [5.41, 5.74) is 0.00618. The minimum atomic E-state index is -4.37. The van der Waals surface area contributed by atoms with E-state index in [0.29, 0.717) is 17.4 Å². The molecule has 18 heavy (non-hydrogen) atoms. The van der Waals surface area contributed by atoms with Crippen LogP contribution in [0.25, 0.3) is 5.57 Å². The lowest BCUT2D eigenvalue weighted by atomic mass is 10.0. The maximum Gasteiger partial charge on any atom is 0.416 e. The summed E-state index contributed by atoms with van der Waals surface area (Å²) < 4.78 is 37.0. The van der Waals surface area contributed by atoms with Crippen molar-refractivity contribution in [2.24, 2.45) is 0 Å². The first kappa shape index (κ1) is 14.0. The number of allylic oxidation sites excluding steroid dienone is 5. The van der Waals surface area contributed by atoms with E-state index in [2.05, 4.69) is 6.58 Å². The van der Waals surface area contributed by atoms with E-state index < -0.39 is 11.7 Å². The monoisotopic (exact) mass is 252 g/mol. The summed E-state index contributed by atoms with van der Waals surface area (Å²) in [7, 11) is 0. The highest BCUT2D eigenvalue weighted by Gasteiger charge is 2.29. The number of carbonyl (C=O) groups excluding carboxylic acids is 1. The van der Waals surface area contributed by atoms with Gasteiger partial charge in [-0.05, 0) is 17.7 Å². The molecule has 1 aromatic carbocycles. The average Bonchev–Trinajstić information content (AvgIpc) is 2.34. The molecule has 0 aromatic heterocycles. The van der Waals surface area contributed by atoms with Gasteiger partial charge in [-0.2, -0.15) is 13.2 Å². The zero-order chi connectivity index (χ0) is 13.6. The minimum absolute atomic E-state index is 0.307. The van der Waals surface area contributed by atoms with Gasteiger partial charge >= 0.3 is 6.18 Å². The molecule has 0 saturated carbocycles. The lowest BCUT2D eigenvalue weighted by Crippen LogP contribution is -2.04. The molecular weight excluding hydrogens is 241 g/mol. The van der Waals surface area contributed by atoms with Crippen molar-refractivity contribution in [1.29, 1.82) is 0 Å². The van der Waals surface area contributed by atoms with E-state index in [0.717, 1.165) is 12.1 Å². The summed E-state index contributed by atoms with van der Waals surface area (Å²) in [6.07, 6.45) is 2.48. The van der Waals surface area contributed by atoms with Crippen LogP contribution in [-0.4, -0.2) is 6.29 Å². The molecule has 0 aliphatic rings. The number of benzene rings is 1. The third-order valence-corrected chi connectivity index (χ3v) is 2.20. The molecular formula is C14H11F3O. The summed E-state index contributed by atoms with van der Waals surface area (Å²) >= 11 is 0. The summed E-state index contributed by atoms with van der Waals surface area (Å²) in [6.45, 7) is 3.47. The van der Waals surface area contributed by atoms with Gasteiger partial charge in [-0.1, -0.05) is 43.0 Å². The second kappa shape index (κ2) is 6.00. The Morgan fingerprint density at radius 3 is 2.17 bits per heavy atom. The molecule has 0 aliphatic heterocycles. The number of rotatable bonds is 4. The Morgan fingerprint density at radius 2 is 1.72 bits per heavy atom. The van der Waals surface area contributed by atoms with E-state index in [4.69, 9.17) is 0 Å². The number of aldehydes is 1. The van der Waals surface area contributed by atoms with Crippen molar-refractivity contribution in [3.63, 3.8) is 0 Å². The number of hydrogen-bond donors (Lipinski definition) is 0. The van der Waals surface area contributed by atoms with Crippen LogP contribution in [0.2, 0.25) is 0 Å². The third kappa shape index (κ3) is 3.73. The zero-order valence-electron chi connectivity index (χ0n) is 9.45. The van der Waals surface area contributed by atoms with Gasteiger partial charge < -0.3 is 0 Å². The van der Waals surface area contributed by atoms with E-state index >= 15 is 0 Å². The van der Waals surface area contributed by atoms with Crippen molar-refractivity contribution in [3.05, 3.63) is 66.3 Å². The maximum atomic E-state index is 12.3. The van der Waals surface area contributed by atoms with Crippen LogP contribution in [0.4, 0.5) is 13.2 Å². The van der Waals surface area contributed by atoms with Crippen LogP contribution in [0.15, 0.2) is 55.1 Å². The lowest BCUT2D eigenvalue weighted by Gasteiger charge is -2.07. The molecule has 0 N–H and O–H groups in total. The van der Waals surface area contributed by atoms with Gasteiger partial charge in [-0.3, -0.25) is 4.79 Å². The SMILES string of the molecule is C=CC=CC=C(C=O)c1ccc(C(F)(F)F)cc1. The summed E-state index contributed by atoms with van der Waals surface area (Å²) in [6, 6.07) is 4.43. The molecule has 0 heterocycles. The fourth-order valence-electron chi connectivity index (χ4n) is 1.29. The van der Waals surface area contributed by atoms with Gasteiger partial charge in [-0.15, -0.1) is 0 Å². The van der Waals surface area contributed by atoms with Crippen molar-refractivity contribution in [1.82, 2.24) is 0 Å². The molecule has 0 fully saturated rings. The van der Waals surface area contributed by atoms with Crippen LogP contribution >= 0.6 is 0 Å². The van der Waals surface area contributed by atoms with Crippen LogP contribution < -0.4 is 0 Å². The summed E-state index contributed by atoms with van der Waals surface area (Å²) in [5.74, 6) is 0. The molecule has 0 saturated heterocycles. The molecule has 0 unspecified atom stereocenters. The molecule has 94 valence electrons. The zero-order valence-corrected chi connectivity index (χ0v) is 9.45. The minimum Gasteiger partial charge on any atom is -0.298 e. The Bertz CT molecular complexity index is 479. The Kier molecular flexibility index (Phi) is 4.66. The predicted octanol–water partition coefficient (Wildman–Crippen LogP) is 4.03. The van der Waals surface area contributed by atoms with Crippen molar-refractivity contribution < 1.29 is 18.0 Å². The Morgan fingerprint density at radius 1 is 1.11 bits per heavy atom. The molecule has 1 nitrogen and oxygen atoms in total. The maximum absolute atomic E-state index is 12.3. The van der Waals surface area contributed by atoms with Crippen molar-refractivity contribution in [3.8, 4) is 0 Å². The van der Waals surface area contributed by atoms with Gasteiger partial charge in [0, 0.05) is 5.57 Å². The van der Waals surface area contributed by atoms with E-state index in [1.165, 1.54) is 24.3 Å². The Hall–Kier alpha value is -2.10. The van der Waals surface area contributed by atoms with Crippen LogP contribution in [-0.2, 0) is 11.0 Å². The molecule has 1 aromatic rings. The van der Waals surface area contributed by atoms with Gasteiger partial charge in [0.15, 0.2) is 6.29 Å². The quantitative estimate of drug-likeness (QED) is 0.449. The first-order valence-electron chi connectivity index (χ1n) is 5.11. The predicted molar refractivity (Wildman–Crippen MR) is 64.8 cm³/mol. The van der Waals surface area contributed by atoms with Crippen LogP contribution in [0, 0.1) is 0 Å². The molecule has 4 heteroatoms. The second-order valence-electron chi connectivity index (χ2n) is 3.44. The standard InChI is InChI=1S/C14H11F3O/c1-2-3-4-5-12(10-18)11-6-8-13(9-7-11)14(15,16)17/h2-10H,1H2. The normalized spacial score (nSPS) is 12.7. The van der Waals surface area contributed by atoms with Gasteiger partial charge in [0.1, 0.15) is 0 Å². The van der Waals surface area contributed by atoms with Crippen LogP contribution in [0.5, 0.6) is 0 Å². The highest BCUT2D eigenvalue weighted by atomic mass is 19.4. The number of alkyl halides is 3. The summed E-state index contributed by atoms with van der Waals surface area (Å²) in [5, 5.41) is 0. The Balaban J connectivity index is 3.03. The fourth-order valence-corrected chi connectivity index (χ4v) is 1.29. The van der Waals surface area contributed by atoms with Gasteiger partial charge in [0.2, 0.25) is 0 Å². The highest BCUT2D eigenvalue weighted by Crippen LogP contribution is 2.29. The highest BCUT2D eigenvalue weighted by molar-refractivity contribution is 6.07. The molecule has 1 rings (SSSR count). The largest absolute Gasteiger partial charge is 0.416 e. The fraction of sp³-hybridized carbons (Fsp3) is 0.0714. The van der Waals surface area contributed by atoms with Gasteiger partial charge in [0.05, 0.1) is 5.56 Å². The molecule has 0 aliphatic carbocycles. The third-order valence-electron chi connectivity index (χ3n) is 2.20. The average molecular weight is 252 g/mol. The van der Waals surface area contributed by atoms with Crippen LogP contribution in [0.1, 0.15) is 11.1 Å². The number of hydrogen-bond acceptors (Lipinski definition) is 1. The van der Waals surface area contributed by atoms with Crippen molar-refractivity contribution in [2.75, 3.05) is 0 Å². The van der Waals surface area contributed by atoms with Crippen LogP contribution in [0.3, 0.4) is 0 Å². The van der Waals surface area contributed by atoms with E-state index in [9.17, 15) is 18.0 Å². The van der Waals surface area contributed by atoms with Gasteiger partial charge in [0.25, 0.3) is 0 Å². The first-order chi connectivity index (χ1) is 8.49. The van der Waals surface area contributed by atoms with Crippen molar-refractivity contribution in [2.45, 2.75) is 6.18 Å². The Labute approximate surface area is 103 Å². The first-order valence-corrected chi connectivity index (χ1v) is 5.11. The molecule has 0 bridgehead atoms. The molecule has 0 radical (unpaired) electrons. The number of carbonyl (C=O) groups is 1. The number of halogens is 3. The lowest BCUT2D eigenvalue weighted by molar-refractivity contribution is -0.137. The van der Waals surface area contributed by atoms with Crippen molar-refractivity contribution >= 4 is 11.9 Å². The van der Waals surface area contributed by atoms with E-state index in [-0.39, 0.29) is 0 Å².